The van der Waals surface area contributed by atoms with E-state index in [1.807, 2.05) is 12.1 Å². The summed E-state index contributed by atoms with van der Waals surface area (Å²) in [5.74, 6) is 0.929. The third kappa shape index (κ3) is 3.29. The van der Waals surface area contributed by atoms with Gasteiger partial charge >= 0.3 is 0 Å². The molecule has 0 spiro atoms. The molecule has 3 N–H and O–H groups in total. The van der Waals surface area contributed by atoms with E-state index in [0.717, 1.165) is 19.0 Å². The van der Waals surface area contributed by atoms with Crippen molar-refractivity contribution in [2.75, 3.05) is 13.1 Å². The summed E-state index contributed by atoms with van der Waals surface area (Å²) in [4.78, 5) is 6.55. The standard InChI is InChI=1S/C14H22N4/c1-2-18(9-11-4-3-5-11)10-12-6-7-17-13(8-12)14(15)16/h6-8,11H,2-5,9-10H2,1H3,(H3,15,16). The number of nitrogens with two attached hydrogens (primary N) is 1. The van der Waals surface area contributed by atoms with Gasteiger partial charge in [-0.1, -0.05) is 13.3 Å². The Morgan fingerprint density at radius 1 is 1.56 bits per heavy atom. The van der Waals surface area contributed by atoms with Gasteiger partial charge in [0.2, 0.25) is 0 Å². The Labute approximate surface area is 109 Å². The van der Waals surface area contributed by atoms with Crippen molar-refractivity contribution in [2.24, 2.45) is 11.7 Å². The molecule has 0 aromatic carbocycles. The Hall–Kier alpha value is -1.42. The molecule has 0 amide bonds. The molecule has 0 bridgehead atoms. The molecule has 0 saturated heterocycles. The quantitative estimate of drug-likeness (QED) is 0.596. The number of hydrogen-bond donors (Lipinski definition) is 2. The number of hydrogen-bond acceptors (Lipinski definition) is 3. The minimum atomic E-state index is 0.0406. The monoisotopic (exact) mass is 246 g/mol. The van der Waals surface area contributed by atoms with Gasteiger partial charge in [0, 0.05) is 19.3 Å². The lowest BCUT2D eigenvalue weighted by atomic mass is 9.85. The van der Waals surface area contributed by atoms with E-state index in [2.05, 4.69) is 16.8 Å². The van der Waals surface area contributed by atoms with Gasteiger partial charge in [0.1, 0.15) is 11.5 Å². The van der Waals surface area contributed by atoms with Gasteiger partial charge in [-0.2, -0.15) is 0 Å². The Morgan fingerprint density at radius 2 is 2.33 bits per heavy atom. The first kappa shape index (κ1) is 13.0. The zero-order chi connectivity index (χ0) is 13.0. The van der Waals surface area contributed by atoms with Crippen LogP contribution in [0.5, 0.6) is 0 Å². The Bertz CT molecular complexity index is 412. The molecule has 2 rings (SSSR count). The van der Waals surface area contributed by atoms with Crippen LogP contribution in [0.25, 0.3) is 0 Å². The van der Waals surface area contributed by atoms with Gasteiger partial charge < -0.3 is 5.73 Å². The van der Waals surface area contributed by atoms with E-state index in [-0.39, 0.29) is 5.84 Å². The highest BCUT2D eigenvalue weighted by Crippen LogP contribution is 2.27. The van der Waals surface area contributed by atoms with Gasteiger partial charge in [-0.3, -0.25) is 15.3 Å². The number of nitrogen functional groups attached to an aromatic ring is 1. The van der Waals surface area contributed by atoms with Crippen LogP contribution >= 0.6 is 0 Å². The highest BCUT2D eigenvalue weighted by Gasteiger charge is 2.20. The van der Waals surface area contributed by atoms with E-state index in [9.17, 15) is 0 Å². The molecule has 0 radical (unpaired) electrons. The van der Waals surface area contributed by atoms with Crippen molar-refractivity contribution < 1.29 is 0 Å². The lowest BCUT2D eigenvalue weighted by molar-refractivity contribution is 0.178. The van der Waals surface area contributed by atoms with Crippen molar-refractivity contribution in [1.82, 2.24) is 9.88 Å². The summed E-state index contributed by atoms with van der Waals surface area (Å²) in [7, 11) is 0. The predicted octanol–water partition coefficient (Wildman–Crippen LogP) is 1.99. The second-order valence-corrected chi connectivity index (χ2v) is 5.09. The van der Waals surface area contributed by atoms with Gasteiger partial charge in [0.05, 0.1) is 0 Å². The fraction of sp³-hybridized carbons (Fsp3) is 0.571. The topological polar surface area (TPSA) is 66.0 Å². The van der Waals surface area contributed by atoms with Crippen LogP contribution in [0.2, 0.25) is 0 Å². The molecule has 1 fully saturated rings. The van der Waals surface area contributed by atoms with Crippen LogP contribution in [-0.4, -0.2) is 28.8 Å². The minimum absolute atomic E-state index is 0.0406. The Balaban J connectivity index is 1.97. The maximum absolute atomic E-state index is 7.41. The summed E-state index contributed by atoms with van der Waals surface area (Å²) in [6, 6.07) is 3.93. The van der Waals surface area contributed by atoms with Gasteiger partial charge in [-0.05, 0) is 43.0 Å². The average Bonchev–Trinajstić information content (AvgIpc) is 2.32. The van der Waals surface area contributed by atoms with E-state index in [1.165, 1.54) is 31.4 Å². The molecule has 98 valence electrons. The fourth-order valence-corrected chi connectivity index (χ4v) is 2.32. The van der Waals surface area contributed by atoms with E-state index in [4.69, 9.17) is 11.1 Å². The number of nitrogens with zero attached hydrogens (tertiary/aromatic N) is 2. The van der Waals surface area contributed by atoms with Crippen molar-refractivity contribution in [3.05, 3.63) is 29.6 Å². The van der Waals surface area contributed by atoms with Crippen molar-refractivity contribution in [3.8, 4) is 0 Å². The number of aromatic nitrogens is 1. The Kier molecular flexibility index (Phi) is 4.31. The molecule has 1 aromatic rings. The molecule has 0 unspecified atom stereocenters. The average molecular weight is 246 g/mol. The van der Waals surface area contributed by atoms with E-state index < -0.39 is 0 Å². The van der Waals surface area contributed by atoms with Crippen molar-refractivity contribution in [3.63, 3.8) is 0 Å². The normalized spacial score (nSPS) is 15.7. The predicted molar refractivity (Wildman–Crippen MR) is 73.5 cm³/mol. The molecule has 4 nitrogen and oxygen atoms in total. The van der Waals surface area contributed by atoms with Crippen molar-refractivity contribution in [1.29, 1.82) is 5.41 Å². The zero-order valence-corrected chi connectivity index (χ0v) is 11.0. The molecule has 18 heavy (non-hydrogen) atoms. The van der Waals surface area contributed by atoms with E-state index in [1.54, 1.807) is 6.20 Å². The minimum Gasteiger partial charge on any atom is -0.382 e. The Morgan fingerprint density at radius 3 is 2.89 bits per heavy atom. The molecule has 4 heteroatoms. The van der Waals surface area contributed by atoms with Gasteiger partial charge in [0.25, 0.3) is 0 Å². The van der Waals surface area contributed by atoms with E-state index >= 15 is 0 Å². The molecule has 1 aromatic heterocycles. The summed E-state index contributed by atoms with van der Waals surface area (Å²) < 4.78 is 0. The molecule has 1 aliphatic rings. The first-order valence-corrected chi connectivity index (χ1v) is 6.70. The zero-order valence-electron chi connectivity index (χ0n) is 11.0. The maximum Gasteiger partial charge on any atom is 0.141 e. The van der Waals surface area contributed by atoms with Gasteiger partial charge in [0.15, 0.2) is 0 Å². The molecule has 0 atom stereocenters. The second-order valence-electron chi connectivity index (χ2n) is 5.09. The molecule has 0 aliphatic heterocycles. The van der Waals surface area contributed by atoms with Crippen molar-refractivity contribution >= 4 is 5.84 Å². The van der Waals surface area contributed by atoms with E-state index in [0.29, 0.717) is 5.69 Å². The number of amidine groups is 1. The number of pyridine rings is 1. The highest BCUT2D eigenvalue weighted by atomic mass is 15.1. The lowest BCUT2D eigenvalue weighted by Gasteiger charge is -2.31. The van der Waals surface area contributed by atoms with Crippen LogP contribution in [0.15, 0.2) is 18.3 Å². The lowest BCUT2D eigenvalue weighted by Crippen LogP contribution is -2.32. The molecular weight excluding hydrogens is 224 g/mol. The molecule has 1 aliphatic carbocycles. The molecule has 1 saturated carbocycles. The second kappa shape index (κ2) is 5.96. The first-order valence-electron chi connectivity index (χ1n) is 6.70. The van der Waals surface area contributed by atoms with Crippen molar-refractivity contribution in [2.45, 2.75) is 32.7 Å². The molecule has 1 heterocycles. The van der Waals surface area contributed by atoms with Crippen LogP contribution in [0.3, 0.4) is 0 Å². The summed E-state index contributed by atoms with van der Waals surface area (Å²) >= 11 is 0. The van der Waals surface area contributed by atoms with Crippen LogP contribution in [-0.2, 0) is 6.54 Å². The van der Waals surface area contributed by atoms with Crippen LogP contribution in [0.4, 0.5) is 0 Å². The SMILES string of the molecule is CCN(Cc1ccnc(C(=N)N)c1)CC1CCC1. The number of nitrogens with one attached hydrogen (secondary N) is 1. The van der Waals surface area contributed by atoms with Crippen LogP contribution in [0, 0.1) is 11.3 Å². The largest absolute Gasteiger partial charge is 0.382 e. The smallest absolute Gasteiger partial charge is 0.141 e. The van der Waals surface area contributed by atoms with Crippen LogP contribution in [0.1, 0.15) is 37.4 Å². The van der Waals surface area contributed by atoms with Gasteiger partial charge in [-0.15, -0.1) is 0 Å². The highest BCUT2D eigenvalue weighted by molar-refractivity contribution is 5.93. The molecular formula is C14H22N4. The van der Waals surface area contributed by atoms with Crippen LogP contribution < -0.4 is 5.73 Å². The summed E-state index contributed by atoms with van der Waals surface area (Å²) in [6.07, 6.45) is 5.90. The first-order chi connectivity index (χ1) is 8.69. The summed E-state index contributed by atoms with van der Waals surface area (Å²) in [6.45, 7) is 5.38. The summed E-state index contributed by atoms with van der Waals surface area (Å²) in [5.41, 5.74) is 7.23. The maximum atomic E-state index is 7.41. The van der Waals surface area contributed by atoms with Gasteiger partial charge in [-0.25, -0.2) is 0 Å². The number of rotatable bonds is 6. The summed E-state index contributed by atoms with van der Waals surface area (Å²) in [5, 5.41) is 7.41. The third-order valence-corrected chi connectivity index (χ3v) is 3.69. The third-order valence-electron chi connectivity index (χ3n) is 3.69. The fourth-order valence-electron chi connectivity index (χ4n) is 2.32.